The second-order valence-electron chi connectivity index (χ2n) is 5.76. The van der Waals surface area contributed by atoms with Gasteiger partial charge in [-0.1, -0.05) is 29.3 Å². The lowest BCUT2D eigenvalue weighted by Gasteiger charge is -2.10. The number of anilines is 2. The summed E-state index contributed by atoms with van der Waals surface area (Å²) in [6.07, 6.45) is 0. The van der Waals surface area contributed by atoms with E-state index in [2.05, 4.69) is 16.0 Å². The Bertz CT molecular complexity index is 909. The smallest absolute Gasteiger partial charge is 0.257 e. The summed E-state index contributed by atoms with van der Waals surface area (Å²) >= 11 is 13.7. The number of carbonyl (C=O) groups is 1. The average Bonchev–Trinajstić information content (AvgIpc) is 3.16. The normalized spacial score (nSPS) is 10.9. The van der Waals surface area contributed by atoms with E-state index in [1.54, 1.807) is 23.5 Å². The number of halogens is 2. The Morgan fingerprint density at radius 2 is 1.92 bits per heavy atom. The van der Waals surface area contributed by atoms with Gasteiger partial charge in [-0.3, -0.25) is 4.79 Å². The molecule has 0 saturated carbocycles. The molecule has 130 valence electrons. The fourth-order valence-electron chi connectivity index (χ4n) is 2.69. The molecule has 3 rings (SSSR count). The molecule has 2 aromatic heterocycles. The van der Waals surface area contributed by atoms with Crippen LogP contribution in [0.25, 0.3) is 0 Å². The molecule has 25 heavy (non-hydrogen) atoms. The largest absolute Gasteiger partial charge is 0.396 e. The van der Waals surface area contributed by atoms with E-state index in [0.29, 0.717) is 27.0 Å². The Kier molecular flexibility index (Phi) is 5.08. The molecule has 0 unspecified atom stereocenters. The molecule has 3 N–H and O–H groups in total. The standard InChI is InChI=1S/C18H17Cl2N3OS/c1-10-6-14(11(2)23(10)9-13-4-3-5-25-13)18(24)22-12-7-15(19)17(21)16(20)8-12/h3-8H,9,21H2,1-2H3,(H,22,24). The zero-order chi connectivity index (χ0) is 18.1. The SMILES string of the molecule is Cc1cc(C(=O)Nc2cc(Cl)c(N)c(Cl)c2)c(C)n1Cc1cccs1. The van der Waals surface area contributed by atoms with Crippen molar-refractivity contribution >= 4 is 51.8 Å². The third-order valence-corrected chi connectivity index (χ3v) is 5.54. The van der Waals surface area contributed by atoms with Crippen molar-refractivity contribution < 1.29 is 4.79 Å². The molecular weight excluding hydrogens is 377 g/mol. The minimum Gasteiger partial charge on any atom is -0.396 e. The fraction of sp³-hybridized carbons (Fsp3) is 0.167. The van der Waals surface area contributed by atoms with Crippen molar-refractivity contribution in [2.45, 2.75) is 20.4 Å². The Labute approximate surface area is 160 Å². The summed E-state index contributed by atoms with van der Waals surface area (Å²) in [4.78, 5) is 13.9. The Balaban J connectivity index is 1.85. The molecule has 3 aromatic rings. The number of aromatic nitrogens is 1. The van der Waals surface area contributed by atoms with Crippen LogP contribution in [0.5, 0.6) is 0 Å². The van der Waals surface area contributed by atoms with E-state index in [0.717, 1.165) is 17.9 Å². The van der Waals surface area contributed by atoms with Crippen LogP contribution in [0, 0.1) is 13.8 Å². The van der Waals surface area contributed by atoms with Gasteiger partial charge < -0.3 is 15.6 Å². The summed E-state index contributed by atoms with van der Waals surface area (Å²) in [6, 6.07) is 9.17. The topological polar surface area (TPSA) is 60.1 Å². The monoisotopic (exact) mass is 393 g/mol. The summed E-state index contributed by atoms with van der Waals surface area (Å²) < 4.78 is 2.13. The summed E-state index contributed by atoms with van der Waals surface area (Å²) in [7, 11) is 0. The van der Waals surface area contributed by atoms with Crippen LogP contribution in [-0.4, -0.2) is 10.5 Å². The molecule has 0 aliphatic rings. The van der Waals surface area contributed by atoms with E-state index in [9.17, 15) is 4.79 Å². The van der Waals surface area contributed by atoms with E-state index >= 15 is 0 Å². The van der Waals surface area contributed by atoms with Crippen molar-refractivity contribution in [1.29, 1.82) is 0 Å². The lowest BCUT2D eigenvalue weighted by molar-refractivity contribution is 0.102. The number of nitrogens with two attached hydrogens (primary N) is 1. The maximum Gasteiger partial charge on any atom is 0.257 e. The number of nitrogen functional groups attached to an aromatic ring is 1. The third-order valence-electron chi connectivity index (χ3n) is 4.05. The van der Waals surface area contributed by atoms with Gasteiger partial charge in [-0.25, -0.2) is 0 Å². The third kappa shape index (κ3) is 3.68. The van der Waals surface area contributed by atoms with Crippen molar-refractivity contribution in [3.63, 3.8) is 0 Å². The van der Waals surface area contributed by atoms with Crippen molar-refractivity contribution in [3.05, 3.63) is 67.6 Å². The van der Waals surface area contributed by atoms with E-state index in [1.165, 1.54) is 4.88 Å². The Morgan fingerprint density at radius 3 is 2.52 bits per heavy atom. The average molecular weight is 394 g/mol. The molecule has 4 nitrogen and oxygen atoms in total. The number of rotatable bonds is 4. The zero-order valence-electron chi connectivity index (χ0n) is 13.8. The summed E-state index contributed by atoms with van der Waals surface area (Å²) in [5.74, 6) is -0.206. The lowest BCUT2D eigenvalue weighted by Crippen LogP contribution is -2.13. The maximum absolute atomic E-state index is 12.7. The molecule has 1 aromatic carbocycles. The first kappa shape index (κ1) is 17.9. The summed E-state index contributed by atoms with van der Waals surface area (Å²) in [6.45, 7) is 4.69. The van der Waals surface area contributed by atoms with Gasteiger partial charge in [-0.15, -0.1) is 11.3 Å². The molecular formula is C18H17Cl2N3OS. The van der Waals surface area contributed by atoms with E-state index in [1.807, 2.05) is 31.4 Å². The van der Waals surface area contributed by atoms with Gasteiger partial charge in [0.25, 0.3) is 5.91 Å². The lowest BCUT2D eigenvalue weighted by atomic mass is 10.2. The second-order valence-corrected chi connectivity index (χ2v) is 7.60. The van der Waals surface area contributed by atoms with Crippen LogP contribution < -0.4 is 11.1 Å². The van der Waals surface area contributed by atoms with Crippen LogP contribution in [0.1, 0.15) is 26.6 Å². The highest BCUT2D eigenvalue weighted by Gasteiger charge is 2.17. The number of aryl methyl sites for hydroxylation is 1. The van der Waals surface area contributed by atoms with Gasteiger partial charge >= 0.3 is 0 Å². The molecule has 0 spiro atoms. The van der Waals surface area contributed by atoms with Crippen LogP contribution in [-0.2, 0) is 6.54 Å². The zero-order valence-corrected chi connectivity index (χ0v) is 16.1. The van der Waals surface area contributed by atoms with E-state index in [4.69, 9.17) is 28.9 Å². The van der Waals surface area contributed by atoms with Gasteiger partial charge in [0.15, 0.2) is 0 Å². The highest BCUT2D eigenvalue weighted by molar-refractivity contribution is 7.09. The first-order valence-electron chi connectivity index (χ1n) is 7.61. The molecule has 7 heteroatoms. The van der Waals surface area contributed by atoms with Crippen LogP contribution in [0.2, 0.25) is 10.0 Å². The van der Waals surface area contributed by atoms with Gasteiger partial charge in [0.2, 0.25) is 0 Å². The van der Waals surface area contributed by atoms with Crippen LogP contribution >= 0.6 is 34.5 Å². The number of hydrogen-bond acceptors (Lipinski definition) is 3. The molecule has 0 aliphatic heterocycles. The molecule has 0 radical (unpaired) electrons. The maximum atomic E-state index is 12.7. The van der Waals surface area contributed by atoms with Gasteiger partial charge in [-0.05, 0) is 43.5 Å². The molecule has 2 heterocycles. The van der Waals surface area contributed by atoms with Crippen molar-refractivity contribution in [2.24, 2.45) is 0 Å². The highest BCUT2D eigenvalue weighted by Crippen LogP contribution is 2.31. The predicted molar refractivity (Wildman–Crippen MR) is 106 cm³/mol. The minimum atomic E-state index is -0.206. The number of carbonyl (C=O) groups excluding carboxylic acids is 1. The number of amides is 1. The van der Waals surface area contributed by atoms with Crippen LogP contribution in [0.4, 0.5) is 11.4 Å². The first-order valence-corrected chi connectivity index (χ1v) is 9.25. The molecule has 0 aliphatic carbocycles. The molecule has 0 atom stereocenters. The minimum absolute atomic E-state index is 0.206. The quantitative estimate of drug-likeness (QED) is 0.586. The van der Waals surface area contributed by atoms with E-state index < -0.39 is 0 Å². The van der Waals surface area contributed by atoms with Gasteiger partial charge in [0.1, 0.15) is 0 Å². The number of nitrogens with zero attached hydrogens (tertiary/aromatic N) is 1. The highest BCUT2D eigenvalue weighted by atomic mass is 35.5. The van der Waals surface area contributed by atoms with Crippen molar-refractivity contribution in [2.75, 3.05) is 11.1 Å². The van der Waals surface area contributed by atoms with E-state index in [-0.39, 0.29) is 5.91 Å². The van der Waals surface area contributed by atoms with Crippen molar-refractivity contribution in [3.8, 4) is 0 Å². The number of nitrogens with one attached hydrogen (secondary N) is 1. The Hall–Kier alpha value is -1.95. The summed E-state index contributed by atoms with van der Waals surface area (Å²) in [5.41, 5.74) is 9.11. The van der Waals surface area contributed by atoms with Gasteiger partial charge in [-0.2, -0.15) is 0 Å². The molecule has 0 bridgehead atoms. The van der Waals surface area contributed by atoms with Gasteiger partial charge in [0, 0.05) is 22.0 Å². The fourth-order valence-corrected chi connectivity index (χ4v) is 3.87. The van der Waals surface area contributed by atoms with Gasteiger partial charge in [0.05, 0.1) is 27.8 Å². The second kappa shape index (κ2) is 7.12. The number of thiophene rings is 1. The molecule has 0 saturated heterocycles. The first-order chi connectivity index (χ1) is 11.9. The Morgan fingerprint density at radius 1 is 1.24 bits per heavy atom. The molecule has 0 fully saturated rings. The number of hydrogen-bond donors (Lipinski definition) is 2. The molecule has 1 amide bonds. The van der Waals surface area contributed by atoms with Crippen LogP contribution in [0.3, 0.4) is 0 Å². The van der Waals surface area contributed by atoms with Crippen molar-refractivity contribution in [1.82, 2.24) is 4.57 Å². The number of benzene rings is 1. The summed E-state index contributed by atoms with van der Waals surface area (Å²) in [5, 5.41) is 5.50. The van der Waals surface area contributed by atoms with Crippen LogP contribution in [0.15, 0.2) is 35.7 Å². The predicted octanol–water partition coefficient (Wildman–Crippen LogP) is 5.36.